The molecule has 1 aliphatic rings. The van der Waals surface area contributed by atoms with Crippen molar-refractivity contribution in [1.29, 1.82) is 0 Å². The van der Waals surface area contributed by atoms with Crippen molar-refractivity contribution in [1.82, 2.24) is 0 Å². The smallest absolute Gasteiger partial charge is 0.337 e. The zero-order chi connectivity index (χ0) is 25.9. The van der Waals surface area contributed by atoms with Crippen LogP contribution in [0.1, 0.15) is 32.6 Å². The van der Waals surface area contributed by atoms with Crippen LogP contribution in [-0.4, -0.2) is 26.1 Å². The summed E-state index contributed by atoms with van der Waals surface area (Å²) in [5.41, 5.74) is 5.97. The van der Waals surface area contributed by atoms with E-state index in [1.54, 1.807) is 30.2 Å². The molecule has 0 radical (unpaired) electrons. The van der Waals surface area contributed by atoms with Crippen molar-refractivity contribution in [2.45, 2.75) is 6.54 Å². The lowest BCUT2D eigenvalue weighted by molar-refractivity contribution is -0.113. The van der Waals surface area contributed by atoms with Crippen LogP contribution >= 0.6 is 11.6 Å². The van der Waals surface area contributed by atoms with E-state index in [1.165, 1.54) is 7.11 Å². The van der Waals surface area contributed by atoms with E-state index in [-0.39, 0.29) is 12.5 Å². The van der Waals surface area contributed by atoms with Crippen molar-refractivity contribution < 1.29 is 19.1 Å². The van der Waals surface area contributed by atoms with Crippen molar-refractivity contribution in [2.24, 2.45) is 0 Å². The van der Waals surface area contributed by atoms with E-state index < -0.39 is 5.97 Å². The maximum absolute atomic E-state index is 14.2. The van der Waals surface area contributed by atoms with Gasteiger partial charge in [0.25, 0.3) is 5.91 Å². The summed E-state index contributed by atoms with van der Waals surface area (Å²) in [5, 5.41) is 0.619. The van der Waals surface area contributed by atoms with Crippen LogP contribution in [0.3, 0.4) is 0 Å². The number of hydrogen-bond donors (Lipinski definition) is 0. The standard InChI is InChI=1S/C31H24ClNO4/c1-36-25-15-16-27-26(18-25)29(28(21-8-4-3-5-9-21)22-11-13-24(32)14-12-22)30(34)33(27)19-20-7-6-10-23(17-20)31(35)37-2/h3-18H,19H2,1-2H3/b29-28+. The maximum Gasteiger partial charge on any atom is 0.337 e. The number of hydrogen-bond acceptors (Lipinski definition) is 4. The lowest BCUT2D eigenvalue weighted by atomic mass is 9.90. The summed E-state index contributed by atoms with van der Waals surface area (Å²) in [6.45, 7) is 0.287. The highest BCUT2D eigenvalue weighted by molar-refractivity contribution is 6.39. The molecule has 0 aromatic heterocycles. The summed E-state index contributed by atoms with van der Waals surface area (Å²) >= 11 is 6.19. The van der Waals surface area contributed by atoms with Crippen molar-refractivity contribution in [2.75, 3.05) is 19.1 Å². The third kappa shape index (κ3) is 4.74. The molecule has 0 saturated carbocycles. The van der Waals surface area contributed by atoms with Crippen LogP contribution in [0, 0.1) is 0 Å². The fraction of sp³-hybridized carbons (Fsp3) is 0.0968. The highest BCUT2D eigenvalue weighted by atomic mass is 35.5. The molecule has 0 aliphatic carbocycles. The van der Waals surface area contributed by atoms with Gasteiger partial charge in [-0.05, 0) is 59.2 Å². The second-order valence-electron chi connectivity index (χ2n) is 8.59. The predicted octanol–water partition coefficient (Wildman–Crippen LogP) is 6.64. The molecule has 4 aromatic carbocycles. The molecular formula is C31H24ClNO4. The van der Waals surface area contributed by atoms with Crippen molar-refractivity contribution in [3.63, 3.8) is 0 Å². The number of carbonyl (C=O) groups excluding carboxylic acids is 2. The van der Waals surface area contributed by atoms with Crippen LogP contribution in [-0.2, 0) is 16.1 Å². The Hall–Kier alpha value is -4.35. The quantitative estimate of drug-likeness (QED) is 0.216. The summed E-state index contributed by atoms with van der Waals surface area (Å²) in [6, 6.07) is 30.1. The van der Waals surface area contributed by atoms with E-state index in [1.807, 2.05) is 78.9 Å². The number of rotatable bonds is 6. The molecule has 0 atom stereocenters. The van der Waals surface area contributed by atoms with E-state index in [0.717, 1.165) is 33.5 Å². The minimum Gasteiger partial charge on any atom is -0.497 e. The van der Waals surface area contributed by atoms with Gasteiger partial charge in [-0.1, -0.05) is 66.2 Å². The van der Waals surface area contributed by atoms with E-state index in [4.69, 9.17) is 21.1 Å². The van der Waals surface area contributed by atoms with E-state index in [0.29, 0.717) is 21.9 Å². The van der Waals surface area contributed by atoms with Gasteiger partial charge in [-0.2, -0.15) is 0 Å². The summed E-state index contributed by atoms with van der Waals surface area (Å²) in [6.07, 6.45) is 0. The Morgan fingerprint density at radius 1 is 0.811 bits per heavy atom. The van der Waals surface area contributed by atoms with Gasteiger partial charge in [0.05, 0.1) is 37.6 Å². The van der Waals surface area contributed by atoms with Crippen molar-refractivity contribution >= 4 is 40.3 Å². The van der Waals surface area contributed by atoms with Crippen LogP contribution in [0.2, 0.25) is 5.02 Å². The second kappa shape index (κ2) is 10.3. The van der Waals surface area contributed by atoms with Gasteiger partial charge in [-0.3, -0.25) is 4.79 Å². The normalized spacial score (nSPS) is 13.8. The highest BCUT2D eigenvalue weighted by Crippen LogP contribution is 2.45. The third-order valence-corrected chi connectivity index (χ3v) is 6.61. The zero-order valence-electron chi connectivity index (χ0n) is 20.4. The first-order valence-electron chi connectivity index (χ1n) is 11.7. The molecule has 0 spiro atoms. The number of anilines is 1. The number of amides is 1. The summed E-state index contributed by atoms with van der Waals surface area (Å²) in [5.74, 6) is 0.0945. The lowest BCUT2D eigenvalue weighted by Crippen LogP contribution is -2.26. The number of nitrogens with zero attached hydrogens (tertiary/aromatic N) is 1. The number of methoxy groups -OCH3 is 2. The number of esters is 1. The monoisotopic (exact) mass is 509 g/mol. The molecule has 0 N–H and O–H groups in total. The molecule has 0 bridgehead atoms. The summed E-state index contributed by atoms with van der Waals surface area (Å²) in [7, 11) is 2.96. The fourth-order valence-electron chi connectivity index (χ4n) is 4.61. The first kappa shape index (κ1) is 24.3. The Morgan fingerprint density at radius 3 is 2.22 bits per heavy atom. The second-order valence-corrected chi connectivity index (χ2v) is 9.03. The first-order chi connectivity index (χ1) is 18.0. The summed E-state index contributed by atoms with van der Waals surface area (Å²) < 4.78 is 10.4. The number of fused-ring (bicyclic) bond motifs is 1. The van der Waals surface area contributed by atoms with Crippen LogP contribution < -0.4 is 9.64 Å². The molecule has 184 valence electrons. The van der Waals surface area contributed by atoms with Crippen molar-refractivity contribution in [3.8, 4) is 5.75 Å². The van der Waals surface area contributed by atoms with Gasteiger partial charge in [0.2, 0.25) is 0 Å². The minimum atomic E-state index is -0.422. The molecule has 37 heavy (non-hydrogen) atoms. The fourth-order valence-corrected chi connectivity index (χ4v) is 4.74. The van der Waals surface area contributed by atoms with Crippen LogP contribution in [0.25, 0.3) is 11.1 Å². The SMILES string of the molecule is COC(=O)c1cccc(CN2C(=O)/C(=C(\c3ccccc3)c3ccc(Cl)cc3)c3cc(OC)ccc32)c1. The molecule has 0 saturated heterocycles. The molecule has 0 unspecified atom stereocenters. The van der Waals surface area contributed by atoms with Gasteiger partial charge in [0.15, 0.2) is 0 Å². The Morgan fingerprint density at radius 2 is 1.51 bits per heavy atom. The number of halogens is 1. The molecule has 1 aliphatic heterocycles. The van der Waals surface area contributed by atoms with Gasteiger partial charge in [0, 0.05) is 16.2 Å². The Balaban J connectivity index is 1.70. The van der Waals surface area contributed by atoms with E-state index in [2.05, 4.69) is 0 Å². The molecule has 0 fully saturated rings. The maximum atomic E-state index is 14.2. The molecule has 4 aromatic rings. The molecule has 1 amide bonds. The summed E-state index contributed by atoms with van der Waals surface area (Å²) in [4.78, 5) is 28.0. The number of ether oxygens (including phenoxy) is 2. The first-order valence-corrected chi connectivity index (χ1v) is 12.1. The zero-order valence-corrected chi connectivity index (χ0v) is 21.2. The molecular weight excluding hydrogens is 486 g/mol. The van der Waals surface area contributed by atoms with Gasteiger partial charge >= 0.3 is 5.97 Å². The average Bonchev–Trinajstić information content (AvgIpc) is 3.20. The van der Waals surface area contributed by atoms with E-state index in [9.17, 15) is 9.59 Å². The van der Waals surface area contributed by atoms with Crippen molar-refractivity contribution in [3.05, 3.63) is 130 Å². The topological polar surface area (TPSA) is 55.8 Å². The Kier molecular flexibility index (Phi) is 6.80. The lowest BCUT2D eigenvalue weighted by Gasteiger charge is -2.18. The van der Waals surface area contributed by atoms with Crippen LogP contribution in [0.5, 0.6) is 5.75 Å². The third-order valence-electron chi connectivity index (χ3n) is 6.36. The largest absolute Gasteiger partial charge is 0.497 e. The Labute approximate surface area is 220 Å². The van der Waals surface area contributed by atoms with Gasteiger partial charge in [0.1, 0.15) is 5.75 Å². The average molecular weight is 510 g/mol. The number of benzene rings is 4. The highest BCUT2D eigenvalue weighted by Gasteiger charge is 2.36. The van der Waals surface area contributed by atoms with Crippen LogP contribution in [0.15, 0.2) is 97.1 Å². The van der Waals surface area contributed by atoms with E-state index >= 15 is 0 Å². The predicted molar refractivity (Wildman–Crippen MR) is 146 cm³/mol. The van der Waals surface area contributed by atoms with Gasteiger partial charge in [-0.25, -0.2) is 4.79 Å². The van der Waals surface area contributed by atoms with Gasteiger partial charge < -0.3 is 14.4 Å². The number of carbonyl (C=O) groups is 2. The minimum absolute atomic E-state index is 0.138. The molecule has 6 heteroatoms. The molecule has 1 heterocycles. The van der Waals surface area contributed by atoms with Crippen LogP contribution in [0.4, 0.5) is 5.69 Å². The van der Waals surface area contributed by atoms with Gasteiger partial charge in [-0.15, -0.1) is 0 Å². The molecule has 5 nitrogen and oxygen atoms in total. The molecule has 5 rings (SSSR count). The Bertz CT molecular complexity index is 1510.